The molecular formula is C13H20N2O. The highest BCUT2D eigenvalue weighted by molar-refractivity contribution is 5.73. The van der Waals surface area contributed by atoms with Gasteiger partial charge in [0, 0.05) is 31.1 Å². The molecule has 0 aliphatic heterocycles. The summed E-state index contributed by atoms with van der Waals surface area (Å²) in [6.45, 7) is 3.64. The van der Waals surface area contributed by atoms with Gasteiger partial charge in [-0.2, -0.15) is 0 Å². The zero-order chi connectivity index (χ0) is 12.4. The number of para-hydroxylation sites is 1. The summed E-state index contributed by atoms with van der Waals surface area (Å²) in [6, 6.07) is 10.1. The van der Waals surface area contributed by atoms with Gasteiger partial charge in [0.2, 0.25) is 0 Å². The van der Waals surface area contributed by atoms with Crippen molar-refractivity contribution < 1.29 is 4.79 Å². The van der Waals surface area contributed by atoms with Crippen molar-refractivity contribution in [3.8, 4) is 0 Å². The first-order valence-corrected chi connectivity index (χ1v) is 5.19. The SMILES string of the molecule is CN/C(C)=C(/C)C=O.CNc1ccccc1. The van der Waals surface area contributed by atoms with Crippen molar-refractivity contribution in [2.45, 2.75) is 13.8 Å². The maximum absolute atomic E-state index is 10.0. The number of hydrogen-bond donors (Lipinski definition) is 2. The molecule has 0 aliphatic carbocycles. The number of benzene rings is 1. The van der Waals surface area contributed by atoms with Gasteiger partial charge in [-0.3, -0.25) is 4.79 Å². The van der Waals surface area contributed by atoms with Crippen molar-refractivity contribution in [2.24, 2.45) is 0 Å². The summed E-state index contributed by atoms with van der Waals surface area (Å²) >= 11 is 0. The minimum Gasteiger partial charge on any atom is -0.391 e. The molecule has 16 heavy (non-hydrogen) atoms. The number of aldehydes is 1. The molecule has 0 radical (unpaired) electrons. The van der Waals surface area contributed by atoms with Crippen molar-refractivity contribution in [1.82, 2.24) is 5.32 Å². The normalized spacial score (nSPS) is 10.5. The Labute approximate surface area is 97.6 Å². The number of allylic oxidation sites excluding steroid dienone is 2. The van der Waals surface area contributed by atoms with Gasteiger partial charge in [-0.1, -0.05) is 18.2 Å². The lowest BCUT2D eigenvalue weighted by molar-refractivity contribution is -0.104. The monoisotopic (exact) mass is 220 g/mol. The lowest BCUT2D eigenvalue weighted by Crippen LogP contribution is -2.04. The smallest absolute Gasteiger partial charge is 0.147 e. The third-order valence-corrected chi connectivity index (χ3v) is 2.21. The van der Waals surface area contributed by atoms with Crippen LogP contribution in [0.4, 0.5) is 5.69 Å². The van der Waals surface area contributed by atoms with Gasteiger partial charge in [0.25, 0.3) is 0 Å². The topological polar surface area (TPSA) is 41.1 Å². The minimum atomic E-state index is 0.757. The van der Waals surface area contributed by atoms with E-state index in [-0.39, 0.29) is 0 Å². The highest BCUT2D eigenvalue weighted by atomic mass is 16.1. The Morgan fingerprint density at radius 1 is 1.12 bits per heavy atom. The van der Waals surface area contributed by atoms with E-state index >= 15 is 0 Å². The number of nitrogens with one attached hydrogen (secondary N) is 2. The highest BCUT2D eigenvalue weighted by Crippen LogP contribution is 2.01. The second kappa shape index (κ2) is 8.53. The molecule has 1 aromatic rings. The van der Waals surface area contributed by atoms with E-state index in [9.17, 15) is 4.79 Å². The predicted molar refractivity (Wildman–Crippen MR) is 69.5 cm³/mol. The summed E-state index contributed by atoms with van der Waals surface area (Å²) in [5.41, 5.74) is 2.85. The first-order valence-electron chi connectivity index (χ1n) is 5.19. The van der Waals surface area contributed by atoms with Gasteiger partial charge < -0.3 is 10.6 Å². The zero-order valence-corrected chi connectivity index (χ0v) is 10.4. The third-order valence-electron chi connectivity index (χ3n) is 2.21. The standard InChI is InChI=1S/C7H9N.C6H11NO/c1-8-7-5-3-2-4-6-7;1-5(4-8)6(2)7-3/h2-6,8H,1H3;4,7H,1-3H3/b;6-5-. The number of anilines is 1. The quantitative estimate of drug-likeness (QED) is 0.607. The van der Waals surface area contributed by atoms with E-state index in [4.69, 9.17) is 0 Å². The summed E-state index contributed by atoms with van der Waals surface area (Å²) in [5, 5.41) is 5.89. The molecule has 0 saturated carbocycles. The molecule has 1 rings (SSSR count). The molecule has 0 spiro atoms. The molecule has 0 heterocycles. The van der Waals surface area contributed by atoms with E-state index in [1.165, 1.54) is 0 Å². The van der Waals surface area contributed by atoms with Crippen LogP contribution >= 0.6 is 0 Å². The molecule has 0 unspecified atom stereocenters. The Kier molecular flexibility index (Phi) is 7.59. The third kappa shape index (κ3) is 5.86. The summed E-state index contributed by atoms with van der Waals surface area (Å²) in [5.74, 6) is 0. The van der Waals surface area contributed by atoms with Crippen LogP contribution in [0.1, 0.15) is 13.8 Å². The van der Waals surface area contributed by atoms with Gasteiger partial charge in [-0.25, -0.2) is 0 Å². The Morgan fingerprint density at radius 2 is 1.69 bits per heavy atom. The van der Waals surface area contributed by atoms with E-state index in [0.717, 1.165) is 23.2 Å². The molecule has 0 fully saturated rings. The fourth-order valence-electron chi connectivity index (χ4n) is 0.890. The molecule has 2 N–H and O–H groups in total. The largest absolute Gasteiger partial charge is 0.391 e. The number of rotatable bonds is 3. The Bertz CT molecular complexity index is 331. The zero-order valence-electron chi connectivity index (χ0n) is 10.4. The van der Waals surface area contributed by atoms with Crippen LogP contribution < -0.4 is 10.6 Å². The number of carbonyl (C=O) groups is 1. The van der Waals surface area contributed by atoms with Crippen LogP contribution in [0.2, 0.25) is 0 Å². The molecule has 1 aromatic carbocycles. The second-order valence-corrected chi connectivity index (χ2v) is 3.29. The first kappa shape index (κ1) is 14.2. The van der Waals surface area contributed by atoms with E-state index in [1.54, 1.807) is 14.0 Å². The van der Waals surface area contributed by atoms with Gasteiger partial charge in [-0.15, -0.1) is 0 Å². The molecule has 0 amide bonds. The highest BCUT2D eigenvalue weighted by Gasteiger charge is 1.87. The fourth-order valence-corrected chi connectivity index (χ4v) is 0.890. The average molecular weight is 220 g/mol. The average Bonchev–Trinajstić information content (AvgIpc) is 2.38. The van der Waals surface area contributed by atoms with Gasteiger partial charge >= 0.3 is 0 Å². The summed E-state index contributed by atoms with van der Waals surface area (Å²) in [7, 11) is 3.71. The molecule has 0 atom stereocenters. The Balaban J connectivity index is 0.000000281. The molecule has 88 valence electrons. The molecule has 3 nitrogen and oxygen atoms in total. The Hall–Kier alpha value is -1.77. The van der Waals surface area contributed by atoms with Crippen LogP contribution in [0.5, 0.6) is 0 Å². The van der Waals surface area contributed by atoms with Crippen LogP contribution in [0, 0.1) is 0 Å². The molecule has 0 aromatic heterocycles. The minimum absolute atomic E-state index is 0.757. The first-order chi connectivity index (χ1) is 7.65. The van der Waals surface area contributed by atoms with Crippen molar-refractivity contribution >= 4 is 12.0 Å². The van der Waals surface area contributed by atoms with Crippen LogP contribution in [0.25, 0.3) is 0 Å². The molecular weight excluding hydrogens is 200 g/mol. The summed E-state index contributed by atoms with van der Waals surface area (Å²) in [6.07, 6.45) is 0.839. The lowest BCUT2D eigenvalue weighted by atomic mass is 10.3. The van der Waals surface area contributed by atoms with Crippen molar-refractivity contribution in [2.75, 3.05) is 19.4 Å². The Morgan fingerprint density at radius 3 is 1.94 bits per heavy atom. The van der Waals surface area contributed by atoms with Gasteiger partial charge in [-0.05, 0) is 26.0 Å². The molecule has 0 bridgehead atoms. The van der Waals surface area contributed by atoms with Crippen LogP contribution in [-0.4, -0.2) is 20.4 Å². The molecule has 0 aliphatic rings. The van der Waals surface area contributed by atoms with Crippen LogP contribution in [0.3, 0.4) is 0 Å². The van der Waals surface area contributed by atoms with Crippen molar-refractivity contribution in [1.29, 1.82) is 0 Å². The summed E-state index contributed by atoms with van der Waals surface area (Å²) < 4.78 is 0. The lowest BCUT2D eigenvalue weighted by Gasteiger charge is -1.97. The molecule has 0 saturated heterocycles. The number of carbonyl (C=O) groups excluding carboxylic acids is 1. The summed E-state index contributed by atoms with van der Waals surface area (Å²) in [4.78, 5) is 10.0. The maximum Gasteiger partial charge on any atom is 0.147 e. The van der Waals surface area contributed by atoms with Gasteiger partial charge in [0.15, 0.2) is 0 Å². The van der Waals surface area contributed by atoms with Crippen LogP contribution in [-0.2, 0) is 4.79 Å². The second-order valence-electron chi connectivity index (χ2n) is 3.29. The van der Waals surface area contributed by atoms with E-state index in [0.29, 0.717) is 0 Å². The van der Waals surface area contributed by atoms with E-state index in [1.807, 2.05) is 44.3 Å². The van der Waals surface area contributed by atoms with Crippen molar-refractivity contribution in [3.05, 3.63) is 41.6 Å². The van der Waals surface area contributed by atoms with Crippen molar-refractivity contribution in [3.63, 3.8) is 0 Å². The van der Waals surface area contributed by atoms with Gasteiger partial charge in [0.05, 0.1) is 0 Å². The number of hydrogen-bond acceptors (Lipinski definition) is 3. The maximum atomic E-state index is 10.0. The van der Waals surface area contributed by atoms with E-state index < -0.39 is 0 Å². The molecule has 3 heteroatoms. The van der Waals surface area contributed by atoms with E-state index in [2.05, 4.69) is 10.6 Å². The predicted octanol–water partition coefficient (Wildman–Crippen LogP) is 2.43. The fraction of sp³-hybridized carbons (Fsp3) is 0.308. The van der Waals surface area contributed by atoms with Gasteiger partial charge in [0.1, 0.15) is 6.29 Å². The van der Waals surface area contributed by atoms with Crippen LogP contribution in [0.15, 0.2) is 41.6 Å².